The number of anilines is 1. The van der Waals surface area contributed by atoms with Crippen molar-refractivity contribution < 1.29 is 4.74 Å². The Balaban J connectivity index is 2.11. The normalized spacial score (nSPS) is 16.4. The van der Waals surface area contributed by atoms with Gasteiger partial charge in [-0.3, -0.25) is 0 Å². The molecule has 0 atom stereocenters. The molecule has 0 unspecified atom stereocenters. The molecule has 1 heterocycles. The van der Waals surface area contributed by atoms with Gasteiger partial charge in [0, 0.05) is 18.8 Å². The Bertz CT molecular complexity index is 321. The van der Waals surface area contributed by atoms with E-state index in [4.69, 9.17) is 4.74 Å². The fourth-order valence-electron chi connectivity index (χ4n) is 2.09. The molecule has 1 fully saturated rings. The van der Waals surface area contributed by atoms with E-state index in [0.717, 1.165) is 39.3 Å². The van der Waals surface area contributed by atoms with Crippen LogP contribution in [0.25, 0.3) is 0 Å². The number of hydrogen-bond acceptors (Lipinski definition) is 3. The van der Waals surface area contributed by atoms with E-state index in [9.17, 15) is 0 Å². The number of morpholine rings is 1. The first-order valence-corrected chi connectivity index (χ1v) is 5.97. The molecule has 0 aliphatic carbocycles. The van der Waals surface area contributed by atoms with Gasteiger partial charge in [-0.25, -0.2) is 0 Å². The molecule has 1 saturated heterocycles. The molecule has 16 heavy (non-hydrogen) atoms. The zero-order valence-electron chi connectivity index (χ0n) is 9.91. The monoisotopic (exact) mass is 220 g/mol. The second-order valence-electron chi connectivity index (χ2n) is 4.08. The van der Waals surface area contributed by atoms with Crippen molar-refractivity contribution in [1.29, 1.82) is 0 Å². The van der Waals surface area contributed by atoms with Crippen molar-refractivity contribution in [2.75, 3.05) is 44.8 Å². The molecule has 1 aromatic carbocycles. The van der Waals surface area contributed by atoms with E-state index in [1.165, 1.54) is 11.3 Å². The fourth-order valence-corrected chi connectivity index (χ4v) is 2.09. The smallest absolute Gasteiger partial charge is 0.0642 e. The van der Waals surface area contributed by atoms with Crippen molar-refractivity contribution in [1.82, 2.24) is 5.32 Å². The molecule has 0 bridgehead atoms. The van der Waals surface area contributed by atoms with Crippen molar-refractivity contribution in [3.05, 3.63) is 29.8 Å². The minimum absolute atomic E-state index is 0.848. The van der Waals surface area contributed by atoms with Gasteiger partial charge in [0.15, 0.2) is 0 Å². The van der Waals surface area contributed by atoms with Gasteiger partial charge in [0.2, 0.25) is 0 Å². The Morgan fingerprint density at radius 1 is 1.25 bits per heavy atom. The molecule has 1 aromatic rings. The lowest BCUT2D eigenvalue weighted by Crippen LogP contribution is -2.36. The molecule has 2 rings (SSSR count). The van der Waals surface area contributed by atoms with E-state index in [2.05, 4.69) is 34.5 Å². The Kier molecular flexibility index (Phi) is 4.19. The SMILES string of the molecule is CNCCc1ccccc1N1CCOCC1. The van der Waals surface area contributed by atoms with Gasteiger partial charge in [0.25, 0.3) is 0 Å². The minimum Gasteiger partial charge on any atom is -0.378 e. The number of benzene rings is 1. The van der Waals surface area contributed by atoms with E-state index in [0.29, 0.717) is 0 Å². The van der Waals surface area contributed by atoms with Crippen LogP contribution in [-0.4, -0.2) is 39.9 Å². The van der Waals surface area contributed by atoms with E-state index < -0.39 is 0 Å². The molecule has 0 amide bonds. The maximum atomic E-state index is 5.39. The quantitative estimate of drug-likeness (QED) is 0.827. The lowest BCUT2D eigenvalue weighted by atomic mass is 10.1. The zero-order valence-corrected chi connectivity index (χ0v) is 9.91. The van der Waals surface area contributed by atoms with E-state index >= 15 is 0 Å². The lowest BCUT2D eigenvalue weighted by molar-refractivity contribution is 0.122. The number of ether oxygens (including phenoxy) is 1. The molecule has 88 valence electrons. The van der Waals surface area contributed by atoms with Crippen LogP contribution < -0.4 is 10.2 Å². The first-order chi connectivity index (χ1) is 7.92. The summed E-state index contributed by atoms with van der Waals surface area (Å²) in [5, 5.41) is 3.20. The van der Waals surface area contributed by atoms with Crippen LogP contribution in [0.5, 0.6) is 0 Å². The van der Waals surface area contributed by atoms with Crippen molar-refractivity contribution in [2.45, 2.75) is 6.42 Å². The Morgan fingerprint density at radius 3 is 2.75 bits per heavy atom. The first-order valence-electron chi connectivity index (χ1n) is 5.97. The van der Waals surface area contributed by atoms with Crippen molar-refractivity contribution in [2.24, 2.45) is 0 Å². The summed E-state index contributed by atoms with van der Waals surface area (Å²) < 4.78 is 5.39. The summed E-state index contributed by atoms with van der Waals surface area (Å²) in [6.07, 6.45) is 1.09. The van der Waals surface area contributed by atoms with Crippen LogP contribution in [-0.2, 0) is 11.2 Å². The summed E-state index contributed by atoms with van der Waals surface area (Å²) in [4.78, 5) is 2.43. The molecule has 3 nitrogen and oxygen atoms in total. The molecule has 0 spiro atoms. The molecule has 0 saturated carbocycles. The fraction of sp³-hybridized carbons (Fsp3) is 0.538. The number of rotatable bonds is 4. The molecule has 1 N–H and O–H groups in total. The van der Waals surface area contributed by atoms with E-state index in [1.54, 1.807) is 0 Å². The highest BCUT2D eigenvalue weighted by molar-refractivity contribution is 5.54. The third-order valence-electron chi connectivity index (χ3n) is 2.99. The van der Waals surface area contributed by atoms with E-state index in [1.807, 2.05) is 7.05 Å². The number of likely N-dealkylation sites (N-methyl/N-ethyl adjacent to an activating group) is 1. The highest BCUT2D eigenvalue weighted by atomic mass is 16.5. The average molecular weight is 220 g/mol. The Labute approximate surface area is 97.4 Å². The summed E-state index contributed by atoms with van der Waals surface area (Å²) in [7, 11) is 2.00. The van der Waals surface area contributed by atoms with Gasteiger partial charge >= 0.3 is 0 Å². The predicted octanol–water partition coefficient (Wildman–Crippen LogP) is 1.29. The highest BCUT2D eigenvalue weighted by Crippen LogP contribution is 2.21. The molecule has 1 aliphatic rings. The second-order valence-corrected chi connectivity index (χ2v) is 4.08. The number of para-hydroxylation sites is 1. The Morgan fingerprint density at radius 2 is 2.00 bits per heavy atom. The summed E-state index contributed by atoms with van der Waals surface area (Å²) >= 11 is 0. The van der Waals surface area contributed by atoms with Gasteiger partial charge in [-0.2, -0.15) is 0 Å². The number of hydrogen-bond donors (Lipinski definition) is 1. The summed E-state index contributed by atoms with van der Waals surface area (Å²) in [6.45, 7) is 4.75. The van der Waals surface area contributed by atoms with Crippen LogP contribution in [0.2, 0.25) is 0 Å². The average Bonchev–Trinajstić information content (AvgIpc) is 2.38. The summed E-state index contributed by atoms with van der Waals surface area (Å²) in [5.74, 6) is 0. The van der Waals surface area contributed by atoms with Crippen molar-refractivity contribution in [3.8, 4) is 0 Å². The van der Waals surface area contributed by atoms with Crippen molar-refractivity contribution in [3.63, 3.8) is 0 Å². The zero-order chi connectivity index (χ0) is 11.2. The largest absolute Gasteiger partial charge is 0.378 e. The summed E-state index contributed by atoms with van der Waals surface area (Å²) in [5.41, 5.74) is 2.81. The third-order valence-corrected chi connectivity index (χ3v) is 2.99. The molecule has 3 heteroatoms. The van der Waals surface area contributed by atoms with Crippen LogP contribution in [0.3, 0.4) is 0 Å². The van der Waals surface area contributed by atoms with E-state index in [-0.39, 0.29) is 0 Å². The highest BCUT2D eigenvalue weighted by Gasteiger charge is 2.13. The molecule has 0 aromatic heterocycles. The first kappa shape index (κ1) is 11.4. The van der Waals surface area contributed by atoms with Crippen LogP contribution in [0.1, 0.15) is 5.56 Å². The van der Waals surface area contributed by atoms with Gasteiger partial charge < -0.3 is 15.0 Å². The predicted molar refractivity (Wildman–Crippen MR) is 67.1 cm³/mol. The number of nitrogens with one attached hydrogen (secondary N) is 1. The van der Waals surface area contributed by atoms with Crippen LogP contribution >= 0.6 is 0 Å². The van der Waals surface area contributed by atoms with Gasteiger partial charge in [-0.1, -0.05) is 18.2 Å². The van der Waals surface area contributed by atoms with Gasteiger partial charge in [-0.15, -0.1) is 0 Å². The van der Waals surface area contributed by atoms with Gasteiger partial charge in [0.1, 0.15) is 0 Å². The minimum atomic E-state index is 0.848. The van der Waals surface area contributed by atoms with Crippen LogP contribution in [0, 0.1) is 0 Å². The van der Waals surface area contributed by atoms with Crippen molar-refractivity contribution >= 4 is 5.69 Å². The third kappa shape index (κ3) is 2.74. The Hall–Kier alpha value is -1.06. The molecular weight excluding hydrogens is 200 g/mol. The molecule has 1 aliphatic heterocycles. The number of nitrogens with zero attached hydrogens (tertiary/aromatic N) is 1. The topological polar surface area (TPSA) is 24.5 Å². The summed E-state index contributed by atoms with van der Waals surface area (Å²) in [6, 6.07) is 8.68. The standard InChI is InChI=1S/C13H20N2O/c1-14-7-6-12-4-2-3-5-13(12)15-8-10-16-11-9-15/h2-5,14H,6-11H2,1H3. The second kappa shape index (κ2) is 5.87. The maximum Gasteiger partial charge on any atom is 0.0642 e. The van der Waals surface area contributed by atoms with Gasteiger partial charge in [0.05, 0.1) is 13.2 Å². The van der Waals surface area contributed by atoms with Gasteiger partial charge in [-0.05, 0) is 31.6 Å². The maximum absolute atomic E-state index is 5.39. The lowest BCUT2D eigenvalue weighted by Gasteiger charge is -2.30. The van der Waals surface area contributed by atoms with Crippen LogP contribution in [0.4, 0.5) is 5.69 Å². The van der Waals surface area contributed by atoms with Crippen LogP contribution in [0.15, 0.2) is 24.3 Å². The molecule has 0 radical (unpaired) electrons. The molecular formula is C13H20N2O.